The highest BCUT2D eigenvalue weighted by molar-refractivity contribution is 5.41. The molecule has 0 bridgehead atoms. The minimum absolute atomic E-state index is 0.169. The van der Waals surface area contributed by atoms with Crippen molar-refractivity contribution in [3.63, 3.8) is 0 Å². The summed E-state index contributed by atoms with van der Waals surface area (Å²) in [6, 6.07) is 14.5. The second-order valence-electron chi connectivity index (χ2n) is 4.80. The molecular weight excluding hydrogens is 238 g/mol. The molecule has 0 saturated carbocycles. The van der Waals surface area contributed by atoms with Gasteiger partial charge in [-0.05, 0) is 18.1 Å². The van der Waals surface area contributed by atoms with E-state index in [9.17, 15) is 10.2 Å². The number of aromatic hydroxyl groups is 1. The van der Waals surface area contributed by atoms with Crippen molar-refractivity contribution in [2.75, 3.05) is 0 Å². The Balaban J connectivity index is 2.15. The van der Waals surface area contributed by atoms with Crippen molar-refractivity contribution >= 4 is 0 Å². The summed E-state index contributed by atoms with van der Waals surface area (Å²) in [5.74, 6) is 0.169. The Morgan fingerprint density at radius 2 is 1.74 bits per heavy atom. The number of phenolic OH excluding ortho intramolecular Hbond substituents is 1. The van der Waals surface area contributed by atoms with Crippen molar-refractivity contribution in [3.05, 3.63) is 65.2 Å². The first kappa shape index (κ1) is 13.6. The van der Waals surface area contributed by atoms with Gasteiger partial charge in [0.1, 0.15) is 5.75 Å². The summed E-state index contributed by atoms with van der Waals surface area (Å²) >= 11 is 0. The van der Waals surface area contributed by atoms with Crippen molar-refractivity contribution in [3.8, 4) is 5.75 Å². The largest absolute Gasteiger partial charge is 0.507 e. The van der Waals surface area contributed by atoms with Crippen molar-refractivity contribution in [1.82, 2.24) is 0 Å². The predicted molar refractivity (Wildman–Crippen MR) is 75.9 cm³/mol. The highest BCUT2D eigenvalue weighted by atomic mass is 16.3. The van der Waals surface area contributed by atoms with Crippen LogP contribution >= 0.6 is 0 Å². The van der Waals surface area contributed by atoms with Crippen LogP contribution in [0.3, 0.4) is 0 Å². The maximum absolute atomic E-state index is 10.2. The summed E-state index contributed by atoms with van der Waals surface area (Å²) < 4.78 is 0. The third-order valence-electron chi connectivity index (χ3n) is 3.33. The molecule has 0 unspecified atom stereocenters. The summed E-state index contributed by atoms with van der Waals surface area (Å²) in [5, 5.41) is 20.2. The molecule has 2 aromatic carbocycles. The van der Waals surface area contributed by atoms with Crippen LogP contribution in [0, 0.1) is 6.92 Å². The van der Waals surface area contributed by atoms with Gasteiger partial charge >= 0.3 is 0 Å². The number of para-hydroxylation sites is 1. The van der Waals surface area contributed by atoms with E-state index in [0.717, 1.165) is 11.1 Å². The molecule has 4 N–H and O–H groups in total. The molecule has 0 amide bonds. The lowest BCUT2D eigenvalue weighted by Crippen LogP contribution is -2.28. The number of aliphatic hydroxyl groups excluding tert-OH is 1. The summed E-state index contributed by atoms with van der Waals surface area (Å²) in [6.07, 6.45) is -0.259. The van der Waals surface area contributed by atoms with Crippen molar-refractivity contribution in [2.45, 2.75) is 25.5 Å². The first-order valence-corrected chi connectivity index (χ1v) is 6.35. The molecule has 0 aliphatic carbocycles. The van der Waals surface area contributed by atoms with Gasteiger partial charge in [0.2, 0.25) is 0 Å². The van der Waals surface area contributed by atoms with Gasteiger partial charge < -0.3 is 15.9 Å². The van der Waals surface area contributed by atoms with E-state index in [0.29, 0.717) is 12.0 Å². The van der Waals surface area contributed by atoms with Gasteiger partial charge in [0.25, 0.3) is 0 Å². The molecule has 0 saturated heterocycles. The molecule has 0 heterocycles. The van der Waals surface area contributed by atoms with Crippen LogP contribution in [0.25, 0.3) is 0 Å². The topological polar surface area (TPSA) is 66.5 Å². The standard InChI is InChI=1S/C16H19NO2/c1-11-6-5-9-13(16(11)19)15(17)14(18)10-12-7-3-2-4-8-12/h2-9,14-15,18-19H,10,17H2,1H3/t14-,15+/m0/s1. The molecule has 2 atom stereocenters. The quantitative estimate of drug-likeness (QED) is 0.787. The molecule has 100 valence electrons. The van der Waals surface area contributed by atoms with Crippen LogP contribution in [-0.4, -0.2) is 16.3 Å². The number of hydrogen-bond acceptors (Lipinski definition) is 3. The Morgan fingerprint density at radius 3 is 2.42 bits per heavy atom. The Hall–Kier alpha value is -1.84. The fourth-order valence-corrected chi connectivity index (χ4v) is 2.14. The highest BCUT2D eigenvalue weighted by Crippen LogP contribution is 2.28. The van der Waals surface area contributed by atoms with Gasteiger partial charge in [-0.3, -0.25) is 0 Å². The molecule has 0 aliphatic heterocycles. The maximum atomic E-state index is 10.2. The lowest BCUT2D eigenvalue weighted by atomic mass is 9.95. The average Bonchev–Trinajstić information content (AvgIpc) is 2.42. The number of phenols is 1. The maximum Gasteiger partial charge on any atom is 0.123 e. The zero-order chi connectivity index (χ0) is 13.8. The third-order valence-corrected chi connectivity index (χ3v) is 3.33. The van der Waals surface area contributed by atoms with Gasteiger partial charge in [0, 0.05) is 12.0 Å². The molecule has 19 heavy (non-hydrogen) atoms. The van der Waals surface area contributed by atoms with Crippen LogP contribution in [0.5, 0.6) is 5.75 Å². The van der Waals surface area contributed by atoms with Crippen LogP contribution in [0.4, 0.5) is 0 Å². The number of benzene rings is 2. The zero-order valence-electron chi connectivity index (χ0n) is 11.0. The molecule has 0 radical (unpaired) electrons. The van der Waals surface area contributed by atoms with E-state index in [-0.39, 0.29) is 5.75 Å². The van der Waals surface area contributed by atoms with E-state index < -0.39 is 12.1 Å². The summed E-state index contributed by atoms with van der Waals surface area (Å²) in [6.45, 7) is 1.81. The van der Waals surface area contributed by atoms with E-state index in [1.165, 1.54) is 0 Å². The van der Waals surface area contributed by atoms with Crippen LogP contribution in [0.15, 0.2) is 48.5 Å². The highest BCUT2D eigenvalue weighted by Gasteiger charge is 2.20. The van der Waals surface area contributed by atoms with Gasteiger partial charge in [0.15, 0.2) is 0 Å². The molecule has 3 nitrogen and oxygen atoms in total. The number of rotatable bonds is 4. The van der Waals surface area contributed by atoms with Crippen molar-refractivity contribution in [2.24, 2.45) is 5.73 Å². The Bertz CT molecular complexity index is 540. The number of hydrogen-bond donors (Lipinski definition) is 3. The molecule has 0 aliphatic rings. The van der Waals surface area contributed by atoms with E-state index in [4.69, 9.17) is 5.73 Å². The smallest absolute Gasteiger partial charge is 0.123 e. The molecule has 0 fully saturated rings. The molecule has 0 aromatic heterocycles. The Labute approximate surface area is 113 Å². The monoisotopic (exact) mass is 257 g/mol. The first-order chi connectivity index (χ1) is 9.09. The Morgan fingerprint density at radius 1 is 1.05 bits per heavy atom. The van der Waals surface area contributed by atoms with Gasteiger partial charge in [0.05, 0.1) is 12.1 Å². The van der Waals surface area contributed by atoms with Gasteiger partial charge in [-0.2, -0.15) is 0 Å². The minimum Gasteiger partial charge on any atom is -0.507 e. The molecule has 2 aromatic rings. The van der Waals surface area contributed by atoms with E-state index in [1.54, 1.807) is 6.07 Å². The predicted octanol–water partition coefficient (Wildman–Crippen LogP) is 2.30. The average molecular weight is 257 g/mol. The van der Waals surface area contributed by atoms with Crippen molar-refractivity contribution < 1.29 is 10.2 Å². The lowest BCUT2D eigenvalue weighted by Gasteiger charge is -2.21. The van der Waals surface area contributed by atoms with E-state index in [2.05, 4.69) is 0 Å². The number of nitrogens with two attached hydrogens (primary N) is 1. The van der Waals surface area contributed by atoms with Crippen molar-refractivity contribution in [1.29, 1.82) is 0 Å². The summed E-state index contributed by atoms with van der Waals surface area (Å²) in [7, 11) is 0. The SMILES string of the molecule is Cc1cccc([C@@H](N)[C@@H](O)Cc2ccccc2)c1O. The fourth-order valence-electron chi connectivity index (χ4n) is 2.14. The lowest BCUT2D eigenvalue weighted by molar-refractivity contribution is 0.143. The third kappa shape index (κ3) is 3.13. The fraction of sp³-hybridized carbons (Fsp3) is 0.250. The van der Waals surface area contributed by atoms with Crippen LogP contribution in [0.1, 0.15) is 22.7 Å². The number of aliphatic hydroxyl groups is 1. The second-order valence-corrected chi connectivity index (χ2v) is 4.80. The van der Waals surface area contributed by atoms with Crippen LogP contribution < -0.4 is 5.73 Å². The molecular formula is C16H19NO2. The van der Waals surface area contributed by atoms with Gasteiger partial charge in [-0.15, -0.1) is 0 Å². The molecule has 2 rings (SSSR count). The molecule has 3 heteroatoms. The van der Waals surface area contributed by atoms with Gasteiger partial charge in [-0.1, -0.05) is 48.5 Å². The number of aryl methyl sites for hydroxylation is 1. The first-order valence-electron chi connectivity index (χ1n) is 6.35. The second kappa shape index (κ2) is 5.87. The summed E-state index contributed by atoms with van der Waals surface area (Å²) in [4.78, 5) is 0. The van der Waals surface area contributed by atoms with Gasteiger partial charge in [-0.25, -0.2) is 0 Å². The van der Waals surface area contributed by atoms with Crippen LogP contribution in [0.2, 0.25) is 0 Å². The minimum atomic E-state index is -0.727. The normalized spacial score (nSPS) is 14.1. The van der Waals surface area contributed by atoms with E-state index >= 15 is 0 Å². The van der Waals surface area contributed by atoms with Crippen LogP contribution in [-0.2, 0) is 6.42 Å². The summed E-state index contributed by atoms with van der Waals surface area (Å²) in [5.41, 5.74) is 8.42. The van der Waals surface area contributed by atoms with E-state index in [1.807, 2.05) is 49.4 Å². The zero-order valence-corrected chi connectivity index (χ0v) is 11.0. The Kier molecular flexibility index (Phi) is 4.20. The molecule has 0 spiro atoms.